The Hall–Kier alpha value is -4.77. The van der Waals surface area contributed by atoms with Crippen LogP contribution in [0.1, 0.15) is 35.1 Å². The van der Waals surface area contributed by atoms with Gasteiger partial charge < -0.3 is 4.90 Å². The summed E-state index contributed by atoms with van der Waals surface area (Å²) in [7, 11) is 0. The number of nitrogens with zero attached hydrogens (tertiary/aromatic N) is 5. The molecule has 2 aliphatic heterocycles. The molecule has 0 radical (unpaired) electrons. The molecule has 0 atom stereocenters. The Bertz CT molecular complexity index is 1840. The Kier molecular flexibility index (Phi) is 4.83. The molecule has 1 fully saturated rings. The Balaban J connectivity index is 1.21. The van der Waals surface area contributed by atoms with Crippen molar-refractivity contribution in [3.05, 3.63) is 126 Å². The van der Waals surface area contributed by atoms with E-state index in [2.05, 4.69) is 107 Å². The van der Waals surface area contributed by atoms with Gasteiger partial charge in [0.05, 0.1) is 11.1 Å². The Morgan fingerprint density at radius 1 is 0.585 bits per heavy atom. The van der Waals surface area contributed by atoms with Gasteiger partial charge in [-0.3, -0.25) is 9.89 Å². The number of aliphatic imine (C=N–C) groups is 1. The van der Waals surface area contributed by atoms with E-state index in [9.17, 15) is 0 Å². The first-order valence-corrected chi connectivity index (χ1v) is 14.7. The van der Waals surface area contributed by atoms with Gasteiger partial charge >= 0.3 is 0 Å². The van der Waals surface area contributed by atoms with Gasteiger partial charge in [-0.05, 0) is 63.4 Å². The maximum Gasteiger partial charge on any atom is 0.202 e. The molecule has 0 saturated carbocycles. The van der Waals surface area contributed by atoms with Gasteiger partial charge in [0, 0.05) is 37.8 Å². The summed E-state index contributed by atoms with van der Waals surface area (Å²) in [6, 6.07) is 35.9. The Labute approximate surface area is 239 Å². The van der Waals surface area contributed by atoms with Crippen molar-refractivity contribution >= 4 is 11.8 Å². The molecule has 0 N–H and O–H groups in total. The molecular formula is C36H29N5. The van der Waals surface area contributed by atoms with Crippen LogP contribution in [-0.2, 0) is 5.41 Å². The highest BCUT2D eigenvalue weighted by molar-refractivity contribution is 5.98. The molecule has 4 aliphatic rings. The third kappa shape index (κ3) is 3.09. The van der Waals surface area contributed by atoms with E-state index in [1.165, 1.54) is 44.5 Å². The predicted molar refractivity (Wildman–Crippen MR) is 164 cm³/mol. The highest BCUT2D eigenvalue weighted by Crippen LogP contribution is 2.62. The van der Waals surface area contributed by atoms with Crippen LogP contribution in [0.25, 0.3) is 33.5 Å². The van der Waals surface area contributed by atoms with E-state index in [4.69, 9.17) is 15.0 Å². The van der Waals surface area contributed by atoms with E-state index in [1.807, 2.05) is 0 Å². The summed E-state index contributed by atoms with van der Waals surface area (Å²) < 4.78 is 0. The molecule has 5 aromatic rings. The maximum absolute atomic E-state index is 4.87. The molecule has 5 heteroatoms. The van der Waals surface area contributed by atoms with Crippen molar-refractivity contribution in [2.75, 3.05) is 31.1 Å². The molecule has 41 heavy (non-hydrogen) atoms. The van der Waals surface area contributed by atoms with Gasteiger partial charge in [0.25, 0.3) is 0 Å². The third-order valence-corrected chi connectivity index (χ3v) is 9.40. The third-order valence-electron chi connectivity index (χ3n) is 9.40. The lowest BCUT2D eigenvalue weighted by Crippen LogP contribution is -2.52. The zero-order chi connectivity index (χ0) is 27.0. The summed E-state index contributed by atoms with van der Waals surface area (Å²) in [6.45, 7) is 3.97. The van der Waals surface area contributed by atoms with Crippen molar-refractivity contribution < 1.29 is 0 Å². The van der Waals surface area contributed by atoms with Gasteiger partial charge in [-0.25, -0.2) is 9.97 Å². The number of anilines is 1. The molecule has 0 unspecified atom stereocenters. The SMILES string of the molecule is c1ccc2c(c1)-c1ccccc1C21c2ccccc2-c2cc(-c3cc(N4CCCN5CCCN=C54)ncn3)ccc21. The predicted octanol–water partition coefficient (Wildman–Crippen LogP) is 6.76. The van der Waals surface area contributed by atoms with Gasteiger partial charge in [-0.1, -0.05) is 84.9 Å². The van der Waals surface area contributed by atoms with Crippen LogP contribution in [-0.4, -0.2) is 47.0 Å². The normalized spacial score (nSPS) is 17.4. The second kappa shape index (κ2) is 8.61. The van der Waals surface area contributed by atoms with E-state index in [0.29, 0.717) is 0 Å². The van der Waals surface area contributed by atoms with Crippen LogP contribution in [0.4, 0.5) is 5.82 Å². The van der Waals surface area contributed by atoms with E-state index in [1.54, 1.807) is 6.33 Å². The first kappa shape index (κ1) is 23.0. The zero-order valence-electron chi connectivity index (χ0n) is 22.8. The summed E-state index contributed by atoms with van der Waals surface area (Å²) in [4.78, 5) is 19.0. The smallest absolute Gasteiger partial charge is 0.202 e. The quantitative estimate of drug-likeness (QED) is 0.247. The number of rotatable bonds is 2. The summed E-state index contributed by atoms with van der Waals surface area (Å²) >= 11 is 0. The van der Waals surface area contributed by atoms with Gasteiger partial charge in [-0.2, -0.15) is 0 Å². The molecule has 9 rings (SSSR count). The molecule has 4 aromatic carbocycles. The number of hydrogen-bond acceptors (Lipinski definition) is 5. The van der Waals surface area contributed by atoms with Crippen LogP contribution < -0.4 is 4.90 Å². The van der Waals surface area contributed by atoms with Crippen LogP contribution in [0.3, 0.4) is 0 Å². The molecule has 198 valence electrons. The van der Waals surface area contributed by atoms with Crippen LogP contribution in [0.2, 0.25) is 0 Å². The second-order valence-corrected chi connectivity index (χ2v) is 11.4. The highest BCUT2D eigenvalue weighted by atomic mass is 15.4. The number of benzene rings is 4. The number of fused-ring (bicyclic) bond motifs is 11. The van der Waals surface area contributed by atoms with Crippen LogP contribution >= 0.6 is 0 Å². The molecular weight excluding hydrogens is 502 g/mol. The average molecular weight is 532 g/mol. The molecule has 1 spiro atoms. The Morgan fingerprint density at radius 3 is 1.95 bits per heavy atom. The number of aromatic nitrogens is 2. The summed E-state index contributed by atoms with van der Waals surface area (Å²) in [5.41, 5.74) is 12.4. The minimum Gasteiger partial charge on any atom is -0.342 e. The first-order valence-electron chi connectivity index (χ1n) is 14.7. The molecule has 0 bridgehead atoms. The molecule has 5 nitrogen and oxygen atoms in total. The summed E-state index contributed by atoms with van der Waals surface area (Å²) in [6.07, 6.45) is 3.94. The van der Waals surface area contributed by atoms with Crippen molar-refractivity contribution in [1.29, 1.82) is 0 Å². The largest absolute Gasteiger partial charge is 0.342 e. The van der Waals surface area contributed by atoms with Gasteiger partial charge in [0.1, 0.15) is 12.1 Å². The summed E-state index contributed by atoms with van der Waals surface area (Å²) in [5, 5.41) is 0. The van der Waals surface area contributed by atoms with Crippen molar-refractivity contribution in [2.45, 2.75) is 18.3 Å². The van der Waals surface area contributed by atoms with Gasteiger partial charge in [0.2, 0.25) is 5.96 Å². The monoisotopic (exact) mass is 531 g/mol. The highest BCUT2D eigenvalue weighted by Gasteiger charge is 2.51. The molecule has 3 heterocycles. The Morgan fingerprint density at radius 2 is 1.22 bits per heavy atom. The zero-order valence-corrected chi connectivity index (χ0v) is 22.8. The molecule has 1 aromatic heterocycles. The topological polar surface area (TPSA) is 44.6 Å². The second-order valence-electron chi connectivity index (χ2n) is 11.4. The molecule has 0 amide bonds. The minimum atomic E-state index is -0.315. The standard InChI is InChI=1S/C36H29N5/c1-4-12-29-25(9-1)26-10-2-5-13-30(26)36(29)31-14-6-3-11-27(31)28-21-24(15-16-32(28)36)33-22-34(39-23-38-33)41-20-8-19-40-18-7-17-37-35(40)41/h1-6,9-16,21-23H,7-8,17-20H2. The fourth-order valence-electron chi connectivity index (χ4n) is 7.76. The van der Waals surface area contributed by atoms with E-state index in [0.717, 1.165) is 62.1 Å². The van der Waals surface area contributed by atoms with Crippen LogP contribution in [0, 0.1) is 0 Å². The first-order chi connectivity index (χ1) is 20.3. The van der Waals surface area contributed by atoms with Crippen molar-refractivity contribution in [1.82, 2.24) is 14.9 Å². The van der Waals surface area contributed by atoms with E-state index < -0.39 is 0 Å². The fraction of sp³-hybridized carbons (Fsp3) is 0.194. The number of hydrogen-bond donors (Lipinski definition) is 0. The maximum atomic E-state index is 4.87. The number of guanidine groups is 1. The lowest BCUT2D eigenvalue weighted by Gasteiger charge is -2.40. The van der Waals surface area contributed by atoms with Gasteiger partial charge in [0.15, 0.2) is 0 Å². The lowest BCUT2D eigenvalue weighted by molar-refractivity contribution is 0.359. The van der Waals surface area contributed by atoms with E-state index in [-0.39, 0.29) is 5.41 Å². The van der Waals surface area contributed by atoms with Crippen molar-refractivity contribution in [2.24, 2.45) is 4.99 Å². The van der Waals surface area contributed by atoms with Crippen LogP contribution in [0.15, 0.2) is 108 Å². The minimum absolute atomic E-state index is 0.315. The molecule has 2 aliphatic carbocycles. The van der Waals surface area contributed by atoms with Crippen molar-refractivity contribution in [3.8, 4) is 33.5 Å². The molecule has 1 saturated heterocycles. The van der Waals surface area contributed by atoms with Crippen LogP contribution in [0.5, 0.6) is 0 Å². The van der Waals surface area contributed by atoms with Crippen molar-refractivity contribution in [3.63, 3.8) is 0 Å². The average Bonchev–Trinajstić information content (AvgIpc) is 3.52. The van der Waals surface area contributed by atoms with Gasteiger partial charge in [-0.15, -0.1) is 0 Å². The fourth-order valence-corrected chi connectivity index (χ4v) is 7.76. The lowest BCUT2D eigenvalue weighted by atomic mass is 9.70. The summed E-state index contributed by atoms with van der Waals surface area (Å²) in [5.74, 6) is 1.99. The van der Waals surface area contributed by atoms with E-state index >= 15 is 0 Å².